The summed E-state index contributed by atoms with van der Waals surface area (Å²) in [6.45, 7) is 9.10. The number of hydrogen-bond donors (Lipinski definition) is 2. The maximum atomic E-state index is 12.1. The van der Waals surface area contributed by atoms with Crippen LogP contribution in [0.2, 0.25) is 5.15 Å². The van der Waals surface area contributed by atoms with Gasteiger partial charge < -0.3 is 4.74 Å². The largest absolute Gasteiger partial charge is 0.494 e. The second-order valence-electron chi connectivity index (χ2n) is 6.60. The summed E-state index contributed by atoms with van der Waals surface area (Å²) in [4.78, 5) is 24.1. The molecular weight excluding hydrogens is 380 g/mol. The summed E-state index contributed by atoms with van der Waals surface area (Å²) in [5.41, 5.74) is 6.51. The molecule has 0 fully saturated rings. The van der Waals surface area contributed by atoms with Crippen LogP contribution >= 0.6 is 11.6 Å². The number of nitrogens with one attached hydrogen (secondary N) is 2. The topological polar surface area (TPSA) is 85.2 Å². The van der Waals surface area contributed by atoms with E-state index in [4.69, 9.17) is 16.3 Å². The third-order valence-electron chi connectivity index (χ3n) is 3.78. The highest BCUT2D eigenvalue weighted by atomic mass is 35.5. The lowest BCUT2D eigenvalue weighted by Gasteiger charge is -2.07. The van der Waals surface area contributed by atoms with Crippen molar-refractivity contribution in [2.45, 2.75) is 34.2 Å². The molecule has 0 spiro atoms. The zero-order valence-electron chi connectivity index (χ0n) is 16.5. The van der Waals surface area contributed by atoms with Gasteiger partial charge in [0, 0.05) is 23.7 Å². The van der Waals surface area contributed by atoms with E-state index >= 15 is 0 Å². The highest BCUT2D eigenvalue weighted by Crippen LogP contribution is 2.22. The average molecular weight is 405 g/mol. The van der Waals surface area contributed by atoms with Crippen molar-refractivity contribution in [2.24, 2.45) is 5.92 Å². The van der Waals surface area contributed by atoms with Crippen molar-refractivity contribution in [3.8, 4) is 5.75 Å². The maximum absolute atomic E-state index is 12.1. The van der Waals surface area contributed by atoms with E-state index in [-0.39, 0.29) is 0 Å². The standard InChI is InChI=1S/C20H25ClN4O3/c1-5-28-16-8-6-15(7-9-16)20(27)23-22-18(26)11-10-17-14(4)24-25(19(17)21)12-13(2)3/h6-11,13H,5,12H2,1-4H3,(H,22,26)(H,23,27)/b11-10+. The third kappa shape index (κ3) is 5.85. The van der Waals surface area contributed by atoms with Crippen molar-refractivity contribution in [1.29, 1.82) is 0 Å². The molecule has 28 heavy (non-hydrogen) atoms. The van der Waals surface area contributed by atoms with Gasteiger partial charge in [0.1, 0.15) is 10.9 Å². The quantitative estimate of drug-likeness (QED) is 0.547. The lowest BCUT2D eigenvalue weighted by atomic mass is 10.2. The minimum absolute atomic E-state index is 0.398. The molecule has 0 aliphatic rings. The van der Waals surface area contributed by atoms with Crippen LogP contribution in [0.5, 0.6) is 5.75 Å². The van der Waals surface area contributed by atoms with Crippen LogP contribution in [0.3, 0.4) is 0 Å². The Kier molecular flexibility index (Phi) is 7.63. The molecule has 2 amide bonds. The zero-order valence-corrected chi connectivity index (χ0v) is 17.2. The van der Waals surface area contributed by atoms with Gasteiger partial charge in [-0.3, -0.25) is 25.1 Å². The van der Waals surface area contributed by atoms with Gasteiger partial charge in [0.25, 0.3) is 11.8 Å². The average Bonchev–Trinajstić information content (AvgIpc) is 2.91. The molecule has 0 aliphatic heterocycles. The van der Waals surface area contributed by atoms with Gasteiger partial charge in [-0.25, -0.2) is 0 Å². The Hall–Kier alpha value is -2.80. The summed E-state index contributed by atoms with van der Waals surface area (Å²) in [6.07, 6.45) is 2.88. The number of hydrazine groups is 1. The maximum Gasteiger partial charge on any atom is 0.269 e. The number of amides is 2. The van der Waals surface area contributed by atoms with Crippen molar-refractivity contribution in [1.82, 2.24) is 20.6 Å². The molecule has 150 valence electrons. The zero-order chi connectivity index (χ0) is 20.7. The molecule has 8 heteroatoms. The number of nitrogens with zero attached hydrogens (tertiary/aromatic N) is 2. The predicted octanol–water partition coefficient (Wildman–Crippen LogP) is 3.37. The molecule has 0 atom stereocenters. The van der Waals surface area contributed by atoms with Gasteiger partial charge in [0.05, 0.1) is 12.3 Å². The monoisotopic (exact) mass is 404 g/mol. The van der Waals surface area contributed by atoms with E-state index in [0.29, 0.717) is 41.1 Å². The fraction of sp³-hybridized carbons (Fsp3) is 0.350. The number of aromatic nitrogens is 2. The number of aryl methyl sites for hydroxylation is 1. The molecule has 1 aromatic heterocycles. The number of rotatable bonds is 7. The summed E-state index contributed by atoms with van der Waals surface area (Å²) in [5, 5.41) is 4.86. The predicted molar refractivity (Wildman–Crippen MR) is 109 cm³/mol. The summed E-state index contributed by atoms with van der Waals surface area (Å²) in [6, 6.07) is 6.63. The first kappa shape index (κ1) is 21.5. The van der Waals surface area contributed by atoms with Gasteiger partial charge in [0.2, 0.25) is 0 Å². The minimum atomic E-state index is -0.480. The third-order valence-corrected chi connectivity index (χ3v) is 4.17. The Balaban J connectivity index is 1.93. The van der Waals surface area contributed by atoms with Gasteiger partial charge in [-0.2, -0.15) is 5.10 Å². The van der Waals surface area contributed by atoms with Crippen molar-refractivity contribution < 1.29 is 14.3 Å². The van der Waals surface area contributed by atoms with Crippen molar-refractivity contribution >= 4 is 29.5 Å². The van der Waals surface area contributed by atoms with E-state index in [9.17, 15) is 9.59 Å². The second-order valence-corrected chi connectivity index (χ2v) is 6.96. The van der Waals surface area contributed by atoms with Gasteiger partial charge >= 0.3 is 0 Å². The van der Waals surface area contributed by atoms with Crippen molar-refractivity contribution in [3.05, 3.63) is 52.3 Å². The smallest absolute Gasteiger partial charge is 0.269 e. The lowest BCUT2D eigenvalue weighted by Crippen LogP contribution is -2.40. The summed E-state index contributed by atoms with van der Waals surface area (Å²) < 4.78 is 7.04. The van der Waals surface area contributed by atoms with Gasteiger partial charge in [-0.05, 0) is 50.1 Å². The molecule has 0 radical (unpaired) electrons. The summed E-state index contributed by atoms with van der Waals surface area (Å²) in [7, 11) is 0. The van der Waals surface area contributed by atoms with Crippen LogP contribution < -0.4 is 15.6 Å². The van der Waals surface area contributed by atoms with Crippen LogP contribution in [-0.2, 0) is 11.3 Å². The number of ether oxygens (including phenoxy) is 1. The highest BCUT2D eigenvalue weighted by Gasteiger charge is 2.12. The van der Waals surface area contributed by atoms with Crippen LogP contribution in [0, 0.1) is 12.8 Å². The van der Waals surface area contributed by atoms with Crippen LogP contribution in [-0.4, -0.2) is 28.2 Å². The molecule has 1 heterocycles. The molecule has 2 N–H and O–H groups in total. The van der Waals surface area contributed by atoms with Crippen molar-refractivity contribution in [3.63, 3.8) is 0 Å². The molecular formula is C20H25ClN4O3. The highest BCUT2D eigenvalue weighted by molar-refractivity contribution is 6.31. The Morgan fingerprint density at radius 3 is 2.54 bits per heavy atom. The van der Waals surface area contributed by atoms with E-state index in [2.05, 4.69) is 29.8 Å². The number of hydrogen-bond acceptors (Lipinski definition) is 4. The van der Waals surface area contributed by atoms with E-state index < -0.39 is 11.8 Å². The van der Waals surface area contributed by atoms with Gasteiger partial charge in [-0.15, -0.1) is 0 Å². The number of carbonyl (C=O) groups is 2. The molecule has 0 saturated heterocycles. The van der Waals surface area contributed by atoms with E-state index in [1.165, 1.54) is 6.08 Å². The SMILES string of the molecule is CCOc1ccc(C(=O)NNC(=O)/C=C/c2c(C)nn(CC(C)C)c2Cl)cc1. The van der Waals surface area contributed by atoms with E-state index in [1.54, 1.807) is 35.0 Å². The Morgan fingerprint density at radius 1 is 1.25 bits per heavy atom. The minimum Gasteiger partial charge on any atom is -0.494 e. The number of benzene rings is 1. The van der Waals surface area contributed by atoms with Crippen molar-refractivity contribution in [2.75, 3.05) is 6.61 Å². The fourth-order valence-electron chi connectivity index (χ4n) is 2.48. The number of halogens is 1. The van der Waals surface area contributed by atoms with Crippen LogP contribution in [0.25, 0.3) is 6.08 Å². The Bertz CT molecular complexity index is 857. The molecule has 0 unspecified atom stereocenters. The lowest BCUT2D eigenvalue weighted by molar-refractivity contribution is -0.117. The number of carbonyl (C=O) groups excluding carboxylic acids is 2. The first-order chi connectivity index (χ1) is 13.3. The van der Waals surface area contributed by atoms with E-state index in [1.807, 2.05) is 13.8 Å². The van der Waals surface area contributed by atoms with Gasteiger partial charge in [-0.1, -0.05) is 25.4 Å². The first-order valence-electron chi connectivity index (χ1n) is 9.06. The molecule has 2 aromatic rings. The van der Waals surface area contributed by atoms with Crippen LogP contribution in [0.1, 0.15) is 42.4 Å². The van der Waals surface area contributed by atoms with Crippen LogP contribution in [0.4, 0.5) is 0 Å². The normalized spacial score (nSPS) is 11.1. The molecule has 7 nitrogen and oxygen atoms in total. The van der Waals surface area contributed by atoms with E-state index in [0.717, 1.165) is 5.69 Å². The fourth-order valence-corrected chi connectivity index (χ4v) is 2.79. The molecule has 0 bridgehead atoms. The second kappa shape index (κ2) is 9.94. The molecule has 0 saturated carbocycles. The molecule has 2 rings (SSSR count). The Labute approximate surface area is 169 Å². The Morgan fingerprint density at radius 2 is 1.93 bits per heavy atom. The van der Waals surface area contributed by atoms with Gasteiger partial charge in [0.15, 0.2) is 0 Å². The summed E-state index contributed by atoms with van der Waals surface area (Å²) >= 11 is 6.34. The summed E-state index contributed by atoms with van der Waals surface area (Å²) in [5.74, 6) is 0.168. The molecule has 1 aromatic carbocycles. The molecule has 0 aliphatic carbocycles. The first-order valence-corrected chi connectivity index (χ1v) is 9.43. The van der Waals surface area contributed by atoms with Crippen LogP contribution in [0.15, 0.2) is 30.3 Å².